The second-order valence-corrected chi connectivity index (χ2v) is 13.0. The molecule has 11 heteroatoms. The minimum atomic E-state index is -3.99. The molecule has 2 N–H and O–H groups in total. The predicted octanol–water partition coefficient (Wildman–Crippen LogP) is 4.46. The smallest absolute Gasteiger partial charge is 0.262 e. The second kappa shape index (κ2) is 10.8. The van der Waals surface area contributed by atoms with Gasteiger partial charge in [-0.1, -0.05) is 12.1 Å². The summed E-state index contributed by atoms with van der Waals surface area (Å²) in [7, 11) is -6.30. The number of nitrogens with one attached hydrogen (secondary N) is 2. The van der Waals surface area contributed by atoms with Crippen molar-refractivity contribution in [3.8, 4) is 5.75 Å². The van der Waals surface area contributed by atoms with Gasteiger partial charge in [0.2, 0.25) is 10.0 Å². The largest absolute Gasteiger partial charge is 0.495 e. The number of hydrogen-bond acceptors (Lipinski definition) is 6. The van der Waals surface area contributed by atoms with E-state index in [2.05, 4.69) is 10.0 Å². The van der Waals surface area contributed by atoms with Gasteiger partial charge in [-0.3, -0.25) is 9.52 Å². The van der Waals surface area contributed by atoms with E-state index in [0.29, 0.717) is 24.3 Å². The summed E-state index contributed by atoms with van der Waals surface area (Å²) < 4.78 is 61.8. The number of anilines is 2. The molecule has 202 valence electrons. The van der Waals surface area contributed by atoms with E-state index in [4.69, 9.17) is 4.74 Å². The van der Waals surface area contributed by atoms with Crippen LogP contribution in [0.15, 0.2) is 64.4 Å². The first-order valence-corrected chi connectivity index (χ1v) is 15.0. The first-order chi connectivity index (χ1) is 17.9. The number of rotatable bonds is 8. The highest BCUT2D eigenvalue weighted by atomic mass is 32.2. The van der Waals surface area contributed by atoms with Gasteiger partial charge in [-0.15, -0.1) is 0 Å². The van der Waals surface area contributed by atoms with E-state index in [-0.39, 0.29) is 26.8 Å². The van der Waals surface area contributed by atoms with Crippen molar-refractivity contribution in [2.75, 3.05) is 30.2 Å². The normalized spacial score (nSPS) is 14.3. The van der Waals surface area contributed by atoms with Crippen LogP contribution < -0.4 is 14.8 Å². The van der Waals surface area contributed by atoms with Crippen molar-refractivity contribution in [2.45, 2.75) is 43.4 Å². The molecule has 1 fully saturated rings. The van der Waals surface area contributed by atoms with Crippen LogP contribution in [0.1, 0.15) is 39.9 Å². The van der Waals surface area contributed by atoms with E-state index in [1.807, 2.05) is 19.9 Å². The molecule has 1 saturated heterocycles. The third-order valence-electron chi connectivity index (χ3n) is 6.34. The molecule has 0 atom stereocenters. The maximum absolute atomic E-state index is 13.2. The van der Waals surface area contributed by atoms with Crippen molar-refractivity contribution in [1.82, 2.24) is 4.31 Å². The van der Waals surface area contributed by atoms with Crippen LogP contribution in [0.25, 0.3) is 0 Å². The average molecular weight is 558 g/mol. The fourth-order valence-corrected chi connectivity index (χ4v) is 7.35. The van der Waals surface area contributed by atoms with Gasteiger partial charge in [-0.2, -0.15) is 4.31 Å². The van der Waals surface area contributed by atoms with Crippen LogP contribution in [0.2, 0.25) is 0 Å². The Kier molecular flexibility index (Phi) is 7.82. The topological polar surface area (TPSA) is 122 Å². The molecule has 9 nitrogen and oxygen atoms in total. The van der Waals surface area contributed by atoms with E-state index in [1.54, 1.807) is 25.1 Å². The minimum Gasteiger partial charge on any atom is -0.495 e. The highest BCUT2D eigenvalue weighted by Crippen LogP contribution is 2.31. The summed E-state index contributed by atoms with van der Waals surface area (Å²) >= 11 is 0. The number of methoxy groups -OCH3 is 1. The Morgan fingerprint density at radius 2 is 1.53 bits per heavy atom. The van der Waals surface area contributed by atoms with Gasteiger partial charge >= 0.3 is 0 Å². The predicted molar refractivity (Wildman–Crippen MR) is 147 cm³/mol. The number of carbonyl (C=O) groups excluding carboxylic acids is 1. The van der Waals surface area contributed by atoms with Gasteiger partial charge < -0.3 is 10.1 Å². The van der Waals surface area contributed by atoms with Gasteiger partial charge in [0.15, 0.2) is 0 Å². The van der Waals surface area contributed by atoms with E-state index in [9.17, 15) is 21.6 Å². The number of ether oxygens (including phenoxy) is 1. The Bertz CT molecular complexity index is 1570. The Morgan fingerprint density at radius 1 is 0.868 bits per heavy atom. The number of benzene rings is 3. The number of hydrogen-bond donors (Lipinski definition) is 2. The molecule has 0 saturated carbocycles. The highest BCUT2D eigenvalue weighted by Gasteiger charge is 2.28. The Hall–Kier alpha value is -3.41. The summed E-state index contributed by atoms with van der Waals surface area (Å²) in [5.74, 6) is -0.336. The lowest BCUT2D eigenvalue weighted by molar-refractivity contribution is 0.102. The number of carbonyl (C=O) groups is 1. The second-order valence-electron chi connectivity index (χ2n) is 9.39. The SMILES string of the molecule is COc1ccc(S(=O)(=O)N2CCCC2)cc1NC(=O)c1ccc(C)c(S(=O)(=O)Nc2cc(C)cc(C)c2)c1. The van der Waals surface area contributed by atoms with Gasteiger partial charge in [0, 0.05) is 24.3 Å². The number of sulfonamides is 2. The molecule has 3 aromatic carbocycles. The van der Waals surface area contributed by atoms with Gasteiger partial charge in [0.25, 0.3) is 15.9 Å². The summed E-state index contributed by atoms with van der Waals surface area (Å²) in [6.07, 6.45) is 1.60. The minimum absolute atomic E-state index is 0.0402. The maximum atomic E-state index is 13.2. The zero-order valence-corrected chi connectivity index (χ0v) is 23.4. The van der Waals surface area contributed by atoms with Gasteiger partial charge in [-0.25, -0.2) is 16.8 Å². The Morgan fingerprint density at radius 3 is 2.16 bits per heavy atom. The van der Waals surface area contributed by atoms with Crippen LogP contribution in [-0.2, 0) is 20.0 Å². The van der Waals surface area contributed by atoms with Crippen LogP contribution in [-0.4, -0.2) is 47.2 Å². The standard InChI is InChI=1S/C27H31N3O6S2/c1-18-13-19(2)15-22(14-18)29-37(32,33)26-16-21(8-7-20(26)3)27(31)28-24-17-23(9-10-25(24)36-4)38(34,35)30-11-5-6-12-30/h7-10,13-17,29H,5-6,11-12H2,1-4H3,(H,28,31). The summed E-state index contributed by atoms with van der Waals surface area (Å²) in [6.45, 7) is 6.30. The van der Waals surface area contributed by atoms with Gasteiger partial charge in [0.1, 0.15) is 5.75 Å². The number of amides is 1. The Labute approximate surface area is 223 Å². The summed E-state index contributed by atoms with van der Waals surface area (Å²) in [6, 6.07) is 14.0. The van der Waals surface area contributed by atoms with Crippen LogP contribution in [0.5, 0.6) is 5.75 Å². The van der Waals surface area contributed by atoms with Crippen molar-refractivity contribution in [3.05, 3.63) is 76.9 Å². The summed E-state index contributed by atoms with van der Waals surface area (Å²) in [5, 5.41) is 2.68. The molecule has 4 rings (SSSR count). The lowest BCUT2D eigenvalue weighted by Crippen LogP contribution is -2.28. The molecule has 0 aliphatic carbocycles. The van der Waals surface area contributed by atoms with E-state index < -0.39 is 26.0 Å². The van der Waals surface area contributed by atoms with Crippen molar-refractivity contribution in [2.24, 2.45) is 0 Å². The third kappa shape index (κ3) is 5.85. The zero-order chi connectivity index (χ0) is 27.7. The molecule has 0 spiro atoms. The molecule has 0 radical (unpaired) electrons. The number of nitrogens with zero attached hydrogens (tertiary/aromatic N) is 1. The molecule has 1 amide bonds. The zero-order valence-electron chi connectivity index (χ0n) is 21.7. The van der Waals surface area contributed by atoms with E-state index >= 15 is 0 Å². The number of aryl methyl sites for hydroxylation is 3. The molecule has 0 aromatic heterocycles. The van der Waals surface area contributed by atoms with Crippen LogP contribution in [0, 0.1) is 20.8 Å². The molecule has 1 heterocycles. The average Bonchev–Trinajstić information content (AvgIpc) is 3.39. The van der Waals surface area contributed by atoms with E-state index in [0.717, 1.165) is 24.0 Å². The maximum Gasteiger partial charge on any atom is 0.262 e. The lowest BCUT2D eigenvalue weighted by Gasteiger charge is -2.18. The third-order valence-corrected chi connectivity index (χ3v) is 9.75. The van der Waals surface area contributed by atoms with Crippen molar-refractivity contribution < 1.29 is 26.4 Å². The first kappa shape index (κ1) is 27.6. The van der Waals surface area contributed by atoms with Crippen LogP contribution in [0.4, 0.5) is 11.4 Å². The van der Waals surface area contributed by atoms with E-state index in [1.165, 1.54) is 41.7 Å². The van der Waals surface area contributed by atoms with Gasteiger partial charge in [-0.05, 0) is 92.8 Å². The summed E-state index contributed by atoms with van der Waals surface area (Å²) in [4.78, 5) is 13.2. The molecular weight excluding hydrogens is 526 g/mol. The molecular formula is C27H31N3O6S2. The molecule has 3 aromatic rings. The van der Waals surface area contributed by atoms with Crippen LogP contribution >= 0.6 is 0 Å². The van der Waals surface area contributed by atoms with Crippen molar-refractivity contribution in [1.29, 1.82) is 0 Å². The monoisotopic (exact) mass is 557 g/mol. The van der Waals surface area contributed by atoms with Crippen molar-refractivity contribution >= 4 is 37.3 Å². The first-order valence-electron chi connectivity index (χ1n) is 12.1. The van der Waals surface area contributed by atoms with Gasteiger partial charge in [0.05, 0.1) is 22.6 Å². The molecule has 0 bridgehead atoms. The highest BCUT2D eigenvalue weighted by molar-refractivity contribution is 7.92. The molecule has 1 aliphatic rings. The van der Waals surface area contributed by atoms with Crippen LogP contribution in [0.3, 0.4) is 0 Å². The lowest BCUT2D eigenvalue weighted by atomic mass is 10.1. The Balaban J connectivity index is 1.63. The fourth-order valence-electron chi connectivity index (χ4n) is 4.49. The van der Waals surface area contributed by atoms with Crippen molar-refractivity contribution in [3.63, 3.8) is 0 Å². The fraction of sp³-hybridized carbons (Fsp3) is 0.296. The molecule has 1 aliphatic heterocycles. The molecule has 38 heavy (non-hydrogen) atoms. The molecule has 0 unspecified atom stereocenters. The summed E-state index contributed by atoms with van der Waals surface area (Å²) in [5.41, 5.74) is 2.97. The quantitative estimate of drug-likeness (QED) is 0.422.